The van der Waals surface area contributed by atoms with E-state index in [1.807, 2.05) is 20.9 Å². The number of thioether (sulfide) groups is 1. The highest BCUT2D eigenvalue weighted by Gasteiger charge is 2.12. The van der Waals surface area contributed by atoms with Gasteiger partial charge in [0.25, 0.3) is 5.22 Å². The van der Waals surface area contributed by atoms with E-state index in [1.54, 1.807) is 17.1 Å². The maximum Gasteiger partial charge on any atom is 0.256 e. The van der Waals surface area contributed by atoms with Gasteiger partial charge in [-0.3, -0.25) is 4.68 Å². The molecule has 3 aromatic heterocycles. The summed E-state index contributed by atoms with van der Waals surface area (Å²) in [5.74, 6) is 2.14. The van der Waals surface area contributed by atoms with Gasteiger partial charge in [0.2, 0.25) is 0 Å². The summed E-state index contributed by atoms with van der Waals surface area (Å²) in [5, 5.41) is 9.05. The van der Waals surface area contributed by atoms with Crippen LogP contribution in [0.5, 0.6) is 0 Å². The Kier molecular flexibility index (Phi) is 3.78. The molecule has 0 spiro atoms. The Labute approximate surface area is 126 Å². The largest absolute Gasteiger partial charge is 0.440 e. The molecule has 0 aliphatic carbocycles. The summed E-state index contributed by atoms with van der Waals surface area (Å²) in [7, 11) is 1.87. The Balaban J connectivity index is 1.89. The van der Waals surface area contributed by atoms with Gasteiger partial charge in [0.05, 0.1) is 23.0 Å². The fourth-order valence-electron chi connectivity index (χ4n) is 1.96. The van der Waals surface area contributed by atoms with Crippen molar-refractivity contribution in [3.05, 3.63) is 24.0 Å². The van der Waals surface area contributed by atoms with Crippen molar-refractivity contribution in [3.8, 4) is 0 Å². The van der Waals surface area contributed by atoms with E-state index >= 15 is 0 Å². The third-order valence-corrected chi connectivity index (χ3v) is 3.74. The van der Waals surface area contributed by atoms with Gasteiger partial charge < -0.3 is 9.73 Å². The van der Waals surface area contributed by atoms with E-state index in [0.29, 0.717) is 11.0 Å². The molecule has 1 N–H and O–H groups in total. The van der Waals surface area contributed by atoms with Crippen LogP contribution in [-0.2, 0) is 12.8 Å². The summed E-state index contributed by atoms with van der Waals surface area (Å²) in [6.07, 6.45) is 3.42. The van der Waals surface area contributed by atoms with Crippen LogP contribution in [0.25, 0.3) is 11.0 Å². The van der Waals surface area contributed by atoms with Crippen molar-refractivity contribution in [2.75, 3.05) is 11.9 Å². The van der Waals surface area contributed by atoms with Crippen LogP contribution in [0.2, 0.25) is 0 Å². The minimum atomic E-state index is 0.597. The molecule has 21 heavy (non-hydrogen) atoms. The van der Waals surface area contributed by atoms with Crippen molar-refractivity contribution < 1.29 is 4.42 Å². The summed E-state index contributed by atoms with van der Waals surface area (Å²) in [6, 6.07) is 0. The first-order chi connectivity index (χ1) is 10.2. The highest BCUT2D eigenvalue weighted by Crippen LogP contribution is 2.24. The van der Waals surface area contributed by atoms with E-state index in [9.17, 15) is 0 Å². The molecule has 0 aliphatic rings. The van der Waals surface area contributed by atoms with Crippen LogP contribution in [0.1, 0.15) is 18.4 Å². The average molecular weight is 304 g/mol. The summed E-state index contributed by atoms with van der Waals surface area (Å²) in [6.45, 7) is 4.73. The van der Waals surface area contributed by atoms with Crippen molar-refractivity contribution in [2.24, 2.45) is 7.05 Å². The van der Waals surface area contributed by atoms with Crippen molar-refractivity contribution in [2.45, 2.75) is 24.8 Å². The van der Waals surface area contributed by atoms with Crippen molar-refractivity contribution >= 4 is 28.6 Å². The van der Waals surface area contributed by atoms with Crippen molar-refractivity contribution in [1.29, 1.82) is 0 Å². The van der Waals surface area contributed by atoms with E-state index in [1.165, 1.54) is 11.8 Å². The summed E-state index contributed by atoms with van der Waals surface area (Å²) < 4.78 is 7.07. The fourth-order valence-corrected chi connectivity index (χ4v) is 2.67. The van der Waals surface area contributed by atoms with Crippen LogP contribution in [0, 0.1) is 6.92 Å². The zero-order valence-corrected chi connectivity index (χ0v) is 12.9. The Hall–Kier alpha value is -2.09. The zero-order valence-electron chi connectivity index (χ0n) is 12.1. The lowest BCUT2D eigenvalue weighted by atomic mass is 10.4. The van der Waals surface area contributed by atoms with Crippen LogP contribution in [0.4, 0.5) is 5.82 Å². The van der Waals surface area contributed by atoms with Gasteiger partial charge in [0.1, 0.15) is 17.9 Å². The molecule has 0 fully saturated rings. The van der Waals surface area contributed by atoms with Gasteiger partial charge in [-0.25, -0.2) is 15.0 Å². The number of nitrogens with zero attached hydrogens (tertiary/aromatic N) is 5. The van der Waals surface area contributed by atoms with Gasteiger partial charge >= 0.3 is 0 Å². The standard InChI is InChI=1S/C13H16N6OS/c1-4-14-11-9-5-15-19(3)12(9)18-10(17-11)7-21-13-16-8(2)6-20-13/h5-6H,4,7H2,1-3H3,(H,14,17,18). The highest BCUT2D eigenvalue weighted by molar-refractivity contribution is 7.98. The van der Waals surface area contributed by atoms with Crippen molar-refractivity contribution in [1.82, 2.24) is 24.7 Å². The predicted molar refractivity (Wildman–Crippen MR) is 81.3 cm³/mol. The number of fused-ring (bicyclic) bond motifs is 1. The molecule has 0 aromatic carbocycles. The molecule has 3 rings (SSSR count). The third kappa shape index (κ3) is 2.85. The maximum absolute atomic E-state index is 5.32. The number of aryl methyl sites for hydroxylation is 2. The Bertz CT molecular complexity index is 765. The summed E-state index contributed by atoms with van der Waals surface area (Å²) in [4.78, 5) is 13.4. The molecule has 0 amide bonds. The first-order valence-electron chi connectivity index (χ1n) is 6.64. The first kappa shape index (κ1) is 13.9. The SMILES string of the molecule is CCNc1nc(CSc2nc(C)co2)nc2c1cnn2C. The minimum absolute atomic E-state index is 0.597. The van der Waals surface area contributed by atoms with Gasteiger partial charge in [-0.2, -0.15) is 5.10 Å². The van der Waals surface area contributed by atoms with Gasteiger partial charge in [-0.15, -0.1) is 0 Å². The molecule has 3 aromatic rings. The number of rotatable bonds is 5. The normalized spacial score (nSPS) is 11.2. The van der Waals surface area contributed by atoms with Crippen LogP contribution < -0.4 is 5.32 Å². The van der Waals surface area contributed by atoms with Gasteiger partial charge in [0.15, 0.2) is 5.65 Å². The van der Waals surface area contributed by atoms with E-state index in [4.69, 9.17) is 4.42 Å². The predicted octanol–water partition coefficient (Wildman–Crippen LogP) is 2.38. The third-order valence-electron chi connectivity index (χ3n) is 2.91. The van der Waals surface area contributed by atoms with Crippen LogP contribution in [0.15, 0.2) is 22.1 Å². The van der Waals surface area contributed by atoms with Crippen molar-refractivity contribution in [3.63, 3.8) is 0 Å². The highest BCUT2D eigenvalue weighted by atomic mass is 32.2. The number of oxazole rings is 1. The molecule has 0 bridgehead atoms. The Morgan fingerprint density at radius 3 is 2.90 bits per heavy atom. The zero-order chi connectivity index (χ0) is 14.8. The first-order valence-corrected chi connectivity index (χ1v) is 7.63. The molecule has 0 saturated carbocycles. The number of hydrogen-bond donors (Lipinski definition) is 1. The lowest BCUT2D eigenvalue weighted by Gasteiger charge is -2.06. The van der Waals surface area contributed by atoms with Crippen LogP contribution in [-0.4, -0.2) is 31.3 Å². The Morgan fingerprint density at radius 2 is 2.19 bits per heavy atom. The van der Waals surface area contributed by atoms with Gasteiger partial charge in [-0.05, 0) is 13.8 Å². The fraction of sp³-hybridized carbons (Fsp3) is 0.385. The van der Waals surface area contributed by atoms with E-state index in [0.717, 1.165) is 34.9 Å². The van der Waals surface area contributed by atoms with E-state index in [-0.39, 0.29) is 0 Å². The average Bonchev–Trinajstić information content (AvgIpc) is 3.04. The molecule has 8 heteroatoms. The monoisotopic (exact) mass is 304 g/mol. The molecular weight excluding hydrogens is 288 g/mol. The second-order valence-electron chi connectivity index (χ2n) is 4.57. The molecular formula is C13H16N6OS. The number of anilines is 1. The number of nitrogens with one attached hydrogen (secondary N) is 1. The topological polar surface area (TPSA) is 81.7 Å². The maximum atomic E-state index is 5.32. The molecule has 0 saturated heterocycles. The second-order valence-corrected chi connectivity index (χ2v) is 5.49. The molecule has 110 valence electrons. The molecule has 0 aliphatic heterocycles. The van der Waals surface area contributed by atoms with Gasteiger partial charge in [-0.1, -0.05) is 11.8 Å². The number of aromatic nitrogens is 5. The lowest BCUT2D eigenvalue weighted by molar-refractivity contribution is 0.454. The summed E-state index contributed by atoms with van der Waals surface area (Å²) in [5.41, 5.74) is 1.69. The molecule has 0 unspecified atom stereocenters. The van der Waals surface area contributed by atoms with Crippen LogP contribution in [0.3, 0.4) is 0 Å². The molecule has 7 nitrogen and oxygen atoms in total. The van der Waals surface area contributed by atoms with Gasteiger partial charge in [0, 0.05) is 13.6 Å². The molecule has 3 heterocycles. The second kappa shape index (κ2) is 5.72. The Morgan fingerprint density at radius 1 is 1.33 bits per heavy atom. The minimum Gasteiger partial charge on any atom is -0.440 e. The lowest BCUT2D eigenvalue weighted by Crippen LogP contribution is -2.05. The summed E-state index contributed by atoms with van der Waals surface area (Å²) >= 11 is 1.48. The smallest absolute Gasteiger partial charge is 0.256 e. The van der Waals surface area contributed by atoms with Crippen LogP contribution >= 0.6 is 11.8 Å². The van der Waals surface area contributed by atoms with E-state index < -0.39 is 0 Å². The molecule has 0 radical (unpaired) electrons. The molecule has 0 atom stereocenters. The quantitative estimate of drug-likeness (QED) is 0.725. The van der Waals surface area contributed by atoms with E-state index in [2.05, 4.69) is 25.4 Å². The number of hydrogen-bond acceptors (Lipinski definition) is 7.